The fourth-order valence-corrected chi connectivity index (χ4v) is 14.8. The maximum atomic E-state index is 7.32. The van der Waals surface area contributed by atoms with Crippen molar-refractivity contribution < 1.29 is 4.42 Å². The number of fused-ring (bicyclic) bond motifs is 12. The van der Waals surface area contributed by atoms with Crippen LogP contribution >= 0.6 is 11.3 Å². The van der Waals surface area contributed by atoms with E-state index in [0.717, 1.165) is 70.5 Å². The summed E-state index contributed by atoms with van der Waals surface area (Å²) in [7, 11) is 0. The highest BCUT2D eigenvalue weighted by Crippen LogP contribution is 2.59. The van der Waals surface area contributed by atoms with Crippen LogP contribution in [0.4, 0.5) is 28.4 Å². The van der Waals surface area contributed by atoms with Gasteiger partial charge in [-0.2, -0.15) is 0 Å². The second kappa shape index (κ2) is 18.4. The van der Waals surface area contributed by atoms with Crippen LogP contribution in [0.3, 0.4) is 0 Å². The predicted molar refractivity (Wildman–Crippen MR) is 334 cm³/mol. The molecule has 0 atom stereocenters. The Morgan fingerprint density at radius 3 is 1.81 bits per heavy atom. The number of benzene rings is 10. The molecule has 0 bridgehead atoms. The summed E-state index contributed by atoms with van der Waals surface area (Å²) in [4.78, 5) is 5.40. The van der Waals surface area contributed by atoms with E-state index in [1.54, 1.807) is 0 Å². The highest BCUT2D eigenvalue weighted by atomic mass is 32.1. The number of unbranched alkanes of at least 4 members (excludes halogenated alkanes) is 2. The Kier molecular flexibility index (Phi) is 11.1. The molecule has 376 valence electrons. The quantitative estimate of drug-likeness (QED) is 0.120. The van der Waals surface area contributed by atoms with Crippen molar-refractivity contribution in [3.63, 3.8) is 0 Å². The summed E-state index contributed by atoms with van der Waals surface area (Å²) in [5.74, 6) is 1.76. The second-order valence-corrected chi connectivity index (χ2v) is 23.5. The van der Waals surface area contributed by atoms with E-state index in [4.69, 9.17) is 4.42 Å². The van der Waals surface area contributed by atoms with Gasteiger partial charge in [-0.1, -0.05) is 198 Å². The van der Waals surface area contributed by atoms with Gasteiger partial charge in [0.05, 0.1) is 5.69 Å². The van der Waals surface area contributed by atoms with E-state index < -0.39 is 0 Å². The first kappa shape index (κ1) is 46.9. The second-order valence-electron chi connectivity index (χ2n) is 22.4. The number of aryl methyl sites for hydroxylation is 2. The predicted octanol–water partition coefficient (Wildman–Crippen LogP) is 19.5. The number of hydrogen-bond acceptors (Lipinski definition) is 4. The highest BCUT2D eigenvalue weighted by Gasteiger charge is 2.50. The maximum Gasteiger partial charge on any atom is 0.333 e. The zero-order valence-electron chi connectivity index (χ0n) is 44.7. The van der Waals surface area contributed by atoms with Crippen molar-refractivity contribution in [1.29, 1.82) is 0 Å². The van der Waals surface area contributed by atoms with Crippen LogP contribution in [0.15, 0.2) is 217 Å². The summed E-state index contributed by atoms with van der Waals surface area (Å²) < 4.78 is 9.93. The monoisotopic (exact) mass is 1020 g/mol. The van der Waals surface area contributed by atoms with E-state index in [9.17, 15) is 0 Å². The minimum atomic E-state index is -0.298. The molecule has 0 amide bonds. The third-order valence-electron chi connectivity index (χ3n) is 17.4. The van der Waals surface area contributed by atoms with Gasteiger partial charge in [0.2, 0.25) is 0 Å². The molecule has 15 rings (SSSR count). The summed E-state index contributed by atoms with van der Waals surface area (Å²) in [6.07, 6.45) is 6.71. The molecule has 12 aromatic rings. The average molecular weight is 1020 g/mol. The number of furan rings is 1. The topological polar surface area (TPSA) is 19.6 Å². The third kappa shape index (κ3) is 7.17. The van der Waals surface area contributed by atoms with Crippen molar-refractivity contribution in [2.75, 3.05) is 9.71 Å². The Bertz CT molecular complexity index is 4330. The average Bonchev–Trinajstić information content (AvgIpc) is 4.20. The number of rotatable bonds is 11. The van der Waals surface area contributed by atoms with E-state index in [0.29, 0.717) is 0 Å². The van der Waals surface area contributed by atoms with Gasteiger partial charge in [-0.3, -0.25) is 0 Å². The van der Waals surface area contributed by atoms with Crippen LogP contribution in [0, 0.1) is 0 Å². The standard InChI is InChI=1S/C73H59BN2OS/c1-5-7-22-46-34-37-51(38-35-46)76-63-45-67-55(53-31-19-21-33-66(53)78-67)41-59(63)68-69-56(52-30-18-20-32-60(52)73(69,3)4)43-65-70(68)74(76)61-42-57-58(72(50-28-16-11-17-29-50)77-71(57)49-26-14-10-15-27-49)44-64(61)75(65)62-39-36-47(23-8-6-2)40-54(62)48-24-12-9-13-25-48/h9-21,24-45H,5-8,22-23H2,1-4H3. The number of anilines is 5. The smallest absolute Gasteiger partial charge is 0.333 e. The fraction of sp³-hybridized carbons (Fsp3) is 0.151. The van der Waals surface area contributed by atoms with Crippen molar-refractivity contribution in [2.45, 2.75) is 71.6 Å². The lowest BCUT2D eigenvalue weighted by atomic mass is 9.42. The summed E-state index contributed by atoms with van der Waals surface area (Å²) in [5, 5.41) is 4.82. The molecule has 10 aromatic carbocycles. The minimum Gasteiger partial charge on any atom is -0.455 e. The van der Waals surface area contributed by atoms with E-state index in [1.165, 1.54) is 117 Å². The van der Waals surface area contributed by atoms with Gasteiger partial charge in [-0.25, -0.2) is 0 Å². The van der Waals surface area contributed by atoms with Gasteiger partial charge in [0.25, 0.3) is 0 Å². The Morgan fingerprint density at radius 2 is 1.09 bits per heavy atom. The molecular weight excluding hydrogens is 964 g/mol. The van der Waals surface area contributed by atoms with Gasteiger partial charge in [0.1, 0.15) is 11.5 Å². The highest BCUT2D eigenvalue weighted by molar-refractivity contribution is 7.25. The molecule has 5 heteroatoms. The fourth-order valence-electron chi connectivity index (χ4n) is 13.7. The molecule has 0 unspecified atom stereocenters. The largest absolute Gasteiger partial charge is 0.455 e. The number of thiophene rings is 1. The Hall–Kier alpha value is -8.38. The van der Waals surface area contributed by atoms with Gasteiger partial charge in [-0.15, -0.1) is 11.3 Å². The van der Waals surface area contributed by atoms with E-state index in [-0.39, 0.29) is 12.3 Å². The molecule has 4 heterocycles. The zero-order valence-corrected chi connectivity index (χ0v) is 45.6. The van der Waals surface area contributed by atoms with Gasteiger partial charge in [-0.05, 0) is 136 Å². The Morgan fingerprint density at radius 1 is 0.462 bits per heavy atom. The van der Waals surface area contributed by atoms with E-state index >= 15 is 0 Å². The van der Waals surface area contributed by atoms with Crippen LogP contribution in [-0.4, -0.2) is 6.85 Å². The SMILES string of the molecule is CCCCc1ccc(N2B3c4cc5c(-c6ccccc6)oc(-c6ccccc6)c5cc4N(c4ccc(CCCC)cc4-c4ccccc4)c4cc5c(c(c43)-c3cc4c(cc32)sc2ccccc24)C(C)(C)c2ccccc2-5)cc1. The molecule has 2 aliphatic heterocycles. The van der Waals surface area contributed by atoms with Crippen molar-refractivity contribution in [3.8, 4) is 56.0 Å². The molecule has 0 radical (unpaired) electrons. The van der Waals surface area contributed by atoms with Crippen LogP contribution in [0.1, 0.15) is 75.6 Å². The molecule has 2 aromatic heterocycles. The van der Waals surface area contributed by atoms with Gasteiger partial charge < -0.3 is 14.1 Å². The molecule has 0 fully saturated rings. The molecule has 0 spiro atoms. The van der Waals surface area contributed by atoms with Crippen molar-refractivity contribution in [3.05, 3.63) is 235 Å². The summed E-state index contributed by atoms with van der Waals surface area (Å²) in [6, 6.07) is 80.5. The van der Waals surface area contributed by atoms with Crippen LogP contribution in [0.5, 0.6) is 0 Å². The van der Waals surface area contributed by atoms with E-state index in [1.807, 2.05) is 11.3 Å². The van der Waals surface area contributed by atoms with Crippen LogP contribution in [-0.2, 0) is 18.3 Å². The summed E-state index contributed by atoms with van der Waals surface area (Å²) in [5.41, 5.74) is 23.6. The van der Waals surface area contributed by atoms with Crippen molar-refractivity contribution in [2.24, 2.45) is 0 Å². The number of hydrogen-bond donors (Lipinski definition) is 0. The lowest BCUT2D eigenvalue weighted by molar-refractivity contribution is 0.602. The minimum absolute atomic E-state index is 0.223. The maximum absolute atomic E-state index is 7.32. The molecule has 3 nitrogen and oxygen atoms in total. The van der Waals surface area contributed by atoms with Crippen LogP contribution in [0.25, 0.3) is 87.0 Å². The third-order valence-corrected chi connectivity index (χ3v) is 18.5. The van der Waals surface area contributed by atoms with Gasteiger partial charge >= 0.3 is 6.85 Å². The van der Waals surface area contributed by atoms with Crippen LogP contribution < -0.4 is 20.6 Å². The molecule has 0 saturated heterocycles. The lowest BCUT2D eigenvalue weighted by Gasteiger charge is -2.47. The molecule has 0 N–H and O–H groups in total. The first-order valence-electron chi connectivity index (χ1n) is 28.2. The normalized spacial score (nSPS) is 13.7. The van der Waals surface area contributed by atoms with Crippen LogP contribution in [0.2, 0.25) is 0 Å². The zero-order chi connectivity index (χ0) is 52.2. The molecule has 1 aliphatic carbocycles. The van der Waals surface area contributed by atoms with Crippen molar-refractivity contribution >= 4 is 88.5 Å². The van der Waals surface area contributed by atoms with Gasteiger partial charge in [0, 0.05) is 81.4 Å². The molecule has 3 aliphatic rings. The Balaban J connectivity index is 1.13. The summed E-state index contributed by atoms with van der Waals surface area (Å²) in [6.45, 7) is 9.30. The Labute approximate surface area is 462 Å². The summed E-state index contributed by atoms with van der Waals surface area (Å²) >= 11 is 1.91. The van der Waals surface area contributed by atoms with Gasteiger partial charge in [0.15, 0.2) is 0 Å². The first-order chi connectivity index (χ1) is 38.4. The lowest BCUT2D eigenvalue weighted by Crippen LogP contribution is -2.62. The first-order valence-corrected chi connectivity index (χ1v) is 29.0. The van der Waals surface area contributed by atoms with E-state index in [2.05, 4.69) is 250 Å². The molecule has 0 saturated carbocycles. The number of nitrogens with zero attached hydrogens (tertiary/aromatic N) is 2. The molecular formula is C73H59BN2OS. The molecule has 78 heavy (non-hydrogen) atoms. The van der Waals surface area contributed by atoms with Crippen molar-refractivity contribution in [1.82, 2.24) is 0 Å².